The van der Waals surface area contributed by atoms with E-state index in [-0.39, 0.29) is 17.9 Å². The van der Waals surface area contributed by atoms with Gasteiger partial charge in [-0.25, -0.2) is 9.78 Å². The van der Waals surface area contributed by atoms with Gasteiger partial charge in [0.15, 0.2) is 0 Å². The molecule has 6 nitrogen and oxygen atoms in total. The van der Waals surface area contributed by atoms with Crippen molar-refractivity contribution >= 4 is 23.2 Å². The lowest BCUT2D eigenvalue weighted by molar-refractivity contribution is -0.142. The van der Waals surface area contributed by atoms with Crippen molar-refractivity contribution in [3.05, 3.63) is 16.1 Å². The Morgan fingerprint density at radius 1 is 1.30 bits per heavy atom. The van der Waals surface area contributed by atoms with E-state index >= 15 is 0 Å². The number of ether oxygens (including phenoxy) is 1. The minimum absolute atomic E-state index is 0.00483. The summed E-state index contributed by atoms with van der Waals surface area (Å²) in [6, 6.07) is -0.692. The lowest BCUT2D eigenvalue weighted by Crippen LogP contribution is -2.43. The third kappa shape index (κ3) is 2.55. The van der Waals surface area contributed by atoms with Crippen LogP contribution in [0.4, 0.5) is 0 Å². The highest BCUT2D eigenvalue weighted by molar-refractivity contribution is 7.09. The molecule has 1 aromatic rings. The van der Waals surface area contributed by atoms with Crippen molar-refractivity contribution in [1.29, 1.82) is 0 Å². The molecule has 4 atom stereocenters. The Balaban J connectivity index is 1.55. The number of carboxylic acids is 1. The summed E-state index contributed by atoms with van der Waals surface area (Å²) >= 11 is 1.43. The van der Waals surface area contributed by atoms with Crippen LogP contribution in [0.3, 0.4) is 0 Å². The molecule has 124 valence electrons. The summed E-state index contributed by atoms with van der Waals surface area (Å²) in [6.45, 7) is 1.29. The van der Waals surface area contributed by atoms with Gasteiger partial charge in [0, 0.05) is 18.5 Å². The summed E-state index contributed by atoms with van der Waals surface area (Å²) in [5, 5.41) is 12.1. The average Bonchev–Trinajstić information content (AvgIpc) is 3.26. The van der Waals surface area contributed by atoms with Crippen molar-refractivity contribution in [3.8, 4) is 0 Å². The van der Waals surface area contributed by atoms with Crippen LogP contribution >= 0.6 is 11.3 Å². The molecular formula is C16H20N2O4S. The standard InChI is InChI=1S/C16H20N2O4S/c19-15(11-8-23-14(17-11)12-5-2-6-22-12)18-7-9-3-1-4-10(9)13(18)16(20)21/h8-10,12-13H,1-7H2,(H,20,21)/t9-,10-,12-,13+/m1/s1. The highest BCUT2D eigenvalue weighted by Crippen LogP contribution is 2.43. The number of hydrogen-bond donors (Lipinski definition) is 1. The lowest BCUT2D eigenvalue weighted by Gasteiger charge is -2.23. The largest absolute Gasteiger partial charge is 0.480 e. The maximum Gasteiger partial charge on any atom is 0.326 e. The van der Waals surface area contributed by atoms with Gasteiger partial charge in [0.25, 0.3) is 5.91 Å². The van der Waals surface area contributed by atoms with E-state index in [0.29, 0.717) is 18.2 Å². The number of fused-ring (bicyclic) bond motifs is 1. The van der Waals surface area contributed by atoms with Crippen LogP contribution in [0.5, 0.6) is 0 Å². The second-order valence-electron chi connectivity index (χ2n) is 6.67. The Labute approximate surface area is 138 Å². The monoisotopic (exact) mass is 336 g/mol. The van der Waals surface area contributed by atoms with Gasteiger partial charge in [-0.1, -0.05) is 6.42 Å². The molecule has 4 rings (SSSR count). The molecule has 2 saturated heterocycles. The Bertz CT molecular complexity index is 625. The van der Waals surface area contributed by atoms with Gasteiger partial charge in [0.1, 0.15) is 22.8 Å². The van der Waals surface area contributed by atoms with Crippen LogP contribution < -0.4 is 0 Å². The van der Waals surface area contributed by atoms with Crippen LogP contribution in [0, 0.1) is 11.8 Å². The van der Waals surface area contributed by atoms with Crippen LogP contribution in [-0.4, -0.2) is 46.1 Å². The maximum atomic E-state index is 12.8. The average molecular weight is 336 g/mol. The quantitative estimate of drug-likeness (QED) is 0.916. The topological polar surface area (TPSA) is 79.7 Å². The molecule has 7 heteroatoms. The molecule has 0 aromatic carbocycles. The van der Waals surface area contributed by atoms with Crippen LogP contribution in [0.15, 0.2) is 5.38 Å². The van der Waals surface area contributed by atoms with Crippen LogP contribution in [0.2, 0.25) is 0 Å². The number of nitrogens with zero attached hydrogens (tertiary/aromatic N) is 2. The van der Waals surface area contributed by atoms with E-state index in [2.05, 4.69) is 4.98 Å². The van der Waals surface area contributed by atoms with Crippen molar-refractivity contribution < 1.29 is 19.4 Å². The second kappa shape index (κ2) is 5.87. The number of hydrogen-bond acceptors (Lipinski definition) is 5. The first-order valence-electron chi connectivity index (χ1n) is 8.26. The highest BCUT2D eigenvalue weighted by atomic mass is 32.1. The Kier molecular flexibility index (Phi) is 3.85. The molecule has 0 spiro atoms. The summed E-state index contributed by atoms with van der Waals surface area (Å²) in [5.41, 5.74) is 0.367. The summed E-state index contributed by atoms with van der Waals surface area (Å²) in [6.07, 6.45) is 4.95. The molecule has 0 unspecified atom stereocenters. The third-order valence-electron chi connectivity index (χ3n) is 5.35. The van der Waals surface area contributed by atoms with E-state index in [4.69, 9.17) is 4.74 Å². The number of carbonyl (C=O) groups is 2. The summed E-state index contributed by atoms with van der Waals surface area (Å²) in [4.78, 5) is 30.4. The third-order valence-corrected chi connectivity index (χ3v) is 6.29. The fourth-order valence-corrected chi connectivity index (χ4v) is 5.16. The zero-order chi connectivity index (χ0) is 16.0. The minimum Gasteiger partial charge on any atom is -0.480 e. The molecule has 1 saturated carbocycles. The number of carbonyl (C=O) groups excluding carboxylic acids is 1. The van der Waals surface area contributed by atoms with Crippen molar-refractivity contribution in [2.24, 2.45) is 11.8 Å². The van der Waals surface area contributed by atoms with Gasteiger partial charge in [-0.05, 0) is 37.5 Å². The van der Waals surface area contributed by atoms with Crippen molar-refractivity contribution in [1.82, 2.24) is 9.88 Å². The summed E-state index contributed by atoms with van der Waals surface area (Å²) in [5.74, 6) is -0.696. The van der Waals surface area contributed by atoms with Gasteiger partial charge in [-0.2, -0.15) is 0 Å². The van der Waals surface area contributed by atoms with E-state index in [1.54, 1.807) is 5.38 Å². The van der Waals surface area contributed by atoms with Gasteiger partial charge in [0.05, 0.1) is 0 Å². The number of thiazole rings is 1. The molecular weight excluding hydrogens is 316 g/mol. The Hall–Kier alpha value is -1.47. The predicted molar refractivity (Wildman–Crippen MR) is 83.3 cm³/mol. The molecule has 2 aliphatic heterocycles. The first-order valence-corrected chi connectivity index (χ1v) is 9.14. The molecule has 0 radical (unpaired) electrons. The maximum absolute atomic E-state index is 12.8. The van der Waals surface area contributed by atoms with E-state index in [1.165, 1.54) is 16.2 Å². The normalized spacial score (nSPS) is 33.1. The number of rotatable bonds is 3. The molecule has 1 aliphatic carbocycles. The Morgan fingerprint density at radius 2 is 2.17 bits per heavy atom. The van der Waals surface area contributed by atoms with Crippen molar-refractivity contribution in [2.75, 3.05) is 13.2 Å². The first kappa shape index (κ1) is 15.1. The zero-order valence-electron chi connectivity index (χ0n) is 12.8. The number of aliphatic carboxylic acids is 1. The van der Waals surface area contributed by atoms with E-state index < -0.39 is 12.0 Å². The number of amides is 1. The lowest BCUT2D eigenvalue weighted by atomic mass is 9.94. The van der Waals surface area contributed by atoms with E-state index in [9.17, 15) is 14.7 Å². The molecule has 1 amide bonds. The molecule has 1 aromatic heterocycles. The smallest absolute Gasteiger partial charge is 0.326 e. The molecule has 23 heavy (non-hydrogen) atoms. The fraction of sp³-hybridized carbons (Fsp3) is 0.688. The Morgan fingerprint density at radius 3 is 2.91 bits per heavy atom. The first-order chi connectivity index (χ1) is 11.1. The van der Waals surface area contributed by atoms with Gasteiger partial charge in [-0.15, -0.1) is 11.3 Å². The van der Waals surface area contributed by atoms with E-state index in [1.807, 2.05) is 0 Å². The molecule has 1 N–H and O–H groups in total. The minimum atomic E-state index is -0.887. The summed E-state index contributed by atoms with van der Waals surface area (Å²) < 4.78 is 5.61. The fourth-order valence-electron chi connectivity index (χ4n) is 4.28. The van der Waals surface area contributed by atoms with Gasteiger partial charge in [0.2, 0.25) is 0 Å². The zero-order valence-corrected chi connectivity index (χ0v) is 13.6. The molecule has 3 aliphatic rings. The van der Waals surface area contributed by atoms with E-state index in [0.717, 1.165) is 43.7 Å². The highest BCUT2D eigenvalue weighted by Gasteiger charge is 2.50. The van der Waals surface area contributed by atoms with Crippen LogP contribution in [-0.2, 0) is 9.53 Å². The molecule has 0 bridgehead atoms. The van der Waals surface area contributed by atoms with Crippen molar-refractivity contribution in [2.45, 2.75) is 44.2 Å². The van der Waals surface area contributed by atoms with Gasteiger partial charge >= 0.3 is 5.97 Å². The van der Waals surface area contributed by atoms with Gasteiger partial charge < -0.3 is 14.7 Å². The predicted octanol–water partition coefficient (Wildman–Crippen LogP) is 2.32. The SMILES string of the molecule is O=C(O)[C@@H]1[C@@H]2CCC[C@@H]2CN1C(=O)c1csc([C@H]2CCCO2)n1. The van der Waals surface area contributed by atoms with Gasteiger partial charge in [-0.3, -0.25) is 4.79 Å². The number of aromatic nitrogens is 1. The second-order valence-corrected chi connectivity index (χ2v) is 7.56. The van der Waals surface area contributed by atoms with Crippen molar-refractivity contribution in [3.63, 3.8) is 0 Å². The number of likely N-dealkylation sites (tertiary alicyclic amines) is 1. The number of carboxylic acid groups (broad SMARTS) is 1. The van der Waals surface area contributed by atoms with Crippen LogP contribution in [0.1, 0.15) is 53.7 Å². The molecule has 3 fully saturated rings. The molecule has 3 heterocycles. The van der Waals surface area contributed by atoms with Crippen LogP contribution in [0.25, 0.3) is 0 Å². The summed E-state index contributed by atoms with van der Waals surface area (Å²) in [7, 11) is 0.